The molecule has 0 unspecified atom stereocenters. The molecule has 6 heteroatoms. The lowest BCUT2D eigenvalue weighted by atomic mass is 10.1. The predicted molar refractivity (Wildman–Crippen MR) is 77.4 cm³/mol. The van der Waals surface area contributed by atoms with Gasteiger partial charge in [0.1, 0.15) is 16.8 Å². The van der Waals surface area contributed by atoms with Gasteiger partial charge in [0.15, 0.2) is 0 Å². The Morgan fingerprint density at radius 1 is 1.40 bits per heavy atom. The van der Waals surface area contributed by atoms with E-state index in [4.69, 9.17) is 11.0 Å². The van der Waals surface area contributed by atoms with Crippen LogP contribution < -0.4 is 11.1 Å². The first kappa shape index (κ1) is 14.1. The quantitative estimate of drug-likeness (QED) is 0.798. The maximum Gasteiger partial charge on any atom is 0.242 e. The zero-order valence-corrected chi connectivity index (χ0v) is 11.4. The summed E-state index contributed by atoms with van der Waals surface area (Å²) in [5.74, 6) is -0.166. The zero-order valence-electron chi connectivity index (χ0n) is 10.5. The van der Waals surface area contributed by atoms with Gasteiger partial charge in [-0.3, -0.25) is 4.79 Å². The molecule has 0 spiro atoms. The van der Waals surface area contributed by atoms with Gasteiger partial charge in [0, 0.05) is 0 Å². The van der Waals surface area contributed by atoms with E-state index in [1.807, 2.05) is 6.07 Å². The van der Waals surface area contributed by atoms with Crippen molar-refractivity contribution >= 4 is 22.2 Å². The number of hydrogen-bond donors (Lipinski definition) is 3. The van der Waals surface area contributed by atoms with Gasteiger partial charge in [-0.2, -0.15) is 5.26 Å². The summed E-state index contributed by atoms with van der Waals surface area (Å²) in [5, 5.41) is 23.0. The van der Waals surface area contributed by atoms with Crippen LogP contribution >= 0.6 is 11.3 Å². The Bertz CT molecular complexity index is 643. The smallest absolute Gasteiger partial charge is 0.242 e. The van der Waals surface area contributed by atoms with E-state index in [-0.39, 0.29) is 11.7 Å². The van der Waals surface area contributed by atoms with Gasteiger partial charge in [-0.15, -0.1) is 11.3 Å². The minimum atomic E-state index is -0.715. The minimum Gasteiger partial charge on any atom is -0.508 e. The Kier molecular flexibility index (Phi) is 4.35. The molecule has 1 aromatic heterocycles. The van der Waals surface area contributed by atoms with Crippen LogP contribution in [0.15, 0.2) is 35.7 Å². The van der Waals surface area contributed by atoms with E-state index in [2.05, 4.69) is 5.32 Å². The minimum absolute atomic E-state index is 0.170. The highest BCUT2D eigenvalue weighted by Gasteiger charge is 2.16. The average Bonchev–Trinajstić information content (AvgIpc) is 2.88. The van der Waals surface area contributed by atoms with Crippen LogP contribution in [-0.4, -0.2) is 17.1 Å². The molecule has 1 atom stereocenters. The molecular formula is C14H13N3O2S. The average molecular weight is 287 g/mol. The Labute approximate surface area is 120 Å². The first-order chi connectivity index (χ1) is 9.60. The lowest BCUT2D eigenvalue weighted by Gasteiger charge is -2.11. The second-order valence-corrected chi connectivity index (χ2v) is 5.16. The SMILES string of the molecule is N#Cc1ccsc1NC(=O)[C@H](N)Cc1ccc(O)cc1. The van der Waals surface area contributed by atoms with E-state index in [0.717, 1.165) is 5.56 Å². The van der Waals surface area contributed by atoms with Gasteiger partial charge < -0.3 is 16.2 Å². The standard InChI is InChI=1S/C14H13N3O2S/c15-8-10-5-6-20-14(10)17-13(19)12(16)7-9-1-3-11(18)4-2-9/h1-6,12,18H,7,16H2,(H,17,19)/t12-/m1/s1. The molecule has 0 aliphatic rings. The summed E-state index contributed by atoms with van der Waals surface area (Å²) in [6.45, 7) is 0. The molecule has 102 valence electrons. The molecule has 4 N–H and O–H groups in total. The van der Waals surface area contributed by atoms with E-state index in [0.29, 0.717) is 17.0 Å². The van der Waals surface area contributed by atoms with Crippen LogP contribution in [0.5, 0.6) is 5.75 Å². The molecule has 0 aliphatic carbocycles. The first-order valence-corrected chi connectivity index (χ1v) is 6.80. The van der Waals surface area contributed by atoms with Crippen molar-refractivity contribution in [2.24, 2.45) is 5.73 Å². The van der Waals surface area contributed by atoms with Crippen molar-refractivity contribution in [3.63, 3.8) is 0 Å². The van der Waals surface area contributed by atoms with E-state index in [1.165, 1.54) is 11.3 Å². The van der Waals surface area contributed by atoms with E-state index in [1.54, 1.807) is 35.7 Å². The maximum absolute atomic E-state index is 12.0. The van der Waals surface area contributed by atoms with E-state index < -0.39 is 6.04 Å². The Balaban J connectivity index is 1.99. The number of aromatic hydroxyl groups is 1. The summed E-state index contributed by atoms with van der Waals surface area (Å²) >= 11 is 1.29. The van der Waals surface area contributed by atoms with Gasteiger partial charge in [0.25, 0.3) is 0 Å². The fraction of sp³-hybridized carbons (Fsp3) is 0.143. The van der Waals surface area contributed by atoms with Crippen molar-refractivity contribution in [1.29, 1.82) is 5.26 Å². The highest BCUT2D eigenvalue weighted by Crippen LogP contribution is 2.22. The second kappa shape index (κ2) is 6.19. The Hall–Kier alpha value is -2.36. The number of carbonyl (C=O) groups excluding carboxylic acids is 1. The predicted octanol–water partition coefficient (Wildman–Crippen LogP) is 1.83. The summed E-state index contributed by atoms with van der Waals surface area (Å²) in [6, 6.07) is 9.46. The van der Waals surface area contributed by atoms with E-state index >= 15 is 0 Å². The lowest BCUT2D eigenvalue weighted by Crippen LogP contribution is -2.37. The Morgan fingerprint density at radius 3 is 2.75 bits per heavy atom. The van der Waals surface area contributed by atoms with Crippen molar-refractivity contribution in [1.82, 2.24) is 0 Å². The number of nitrogens with two attached hydrogens (primary N) is 1. The molecule has 0 bridgehead atoms. The van der Waals surface area contributed by atoms with Crippen molar-refractivity contribution in [2.75, 3.05) is 5.32 Å². The lowest BCUT2D eigenvalue weighted by molar-refractivity contribution is -0.117. The number of phenolic OH excluding ortho intramolecular Hbond substituents is 1. The molecule has 2 rings (SSSR count). The number of anilines is 1. The highest BCUT2D eigenvalue weighted by atomic mass is 32.1. The molecule has 0 saturated carbocycles. The van der Waals surface area contributed by atoms with Gasteiger partial charge in [-0.1, -0.05) is 12.1 Å². The number of nitrogens with zero attached hydrogens (tertiary/aromatic N) is 1. The summed E-state index contributed by atoms with van der Waals surface area (Å²) in [6.07, 6.45) is 0.360. The highest BCUT2D eigenvalue weighted by molar-refractivity contribution is 7.14. The number of thiophene rings is 1. The molecule has 0 fully saturated rings. The van der Waals surface area contributed by atoms with Crippen LogP contribution in [0, 0.1) is 11.3 Å². The zero-order chi connectivity index (χ0) is 14.5. The number of rotatable bonds is 4. The van der Waals surface area contributed by atoms with Crippen molar-refractivity contribution < 1.29 is 9.90 Å². The molecule has 0 aliphatic heterocycles. The van der Waals surface area contributed by atoms with Crippen LogP contribution in [0.4, 0.5) is 5.00 Å². The number of hydrogen-bond acceptors (Lipinski definition) is 5. The molecule has 1 aromatic carbocycles. The van der Waals surface area contributed by atoms with Crippen LogP contribution in [-0.2, 0) is 11.2 Å². The molecule has 1 heterocycles. The molecule has 0 saturated heterocycles. The second-order valence-electron chi connectivity index (χ2n) is 4.24. The number of carbonyl (C=O) groups is 1. The molecule has 1 amide bonds. The summed E-state index contributed by atoms with van der Waals surface area (Å²) in [4.78, 5) is 12.0. The fourth-order valence-corrected chi connectivity index (χ4v) is 2.42. The molecule has 5 nitrogen and oxygen atoms in total. The van der Waals surface area contributed by atoms with E-state index in [9.17, 15) is 9.90 Å². The number of amides is 1. The maximum atomic E-state index is 12.0. The van der Waals surface area contributed by atoms with Gasteiger partial charge in [0.2, 0.25) is 5.91 Å². The normalized spacial score (nSPS) is 11.6. The molecule has 2 aromatic rings. The monoisotopic (exact) mass is 287 g/mol. The number of benzene rings is 1. The van der Waals surface area contributed by atoms with Crippen LogP contribution in [0.3, 0.4) is 0 Å². The first-order valence-electron chi connectivity index (χ1n) is 5.92. The van der Waals surface area contributed by atoms with Crippen molar-refractivity contribution in [3.8, 4) is 11.8 Å². The Morgan fingerprint density at radius 2 is 2.10 bits per heavy atom. The number of nitrogens with one attached hydrogen (secondary N) is 1. The van der Waals surface area contributed by atoms with Gasteiger partial charge in [-0.05, 0) is 35.6 Å². The molecule has 20 heavy (non-hydrogen) atoms. The van der Waals surface area contributed by atoms with Gasteiger partial charge in [0.05, 0.1) is 11.6 Å². The molecule has 0 radical (unpaired) electrons. The summed E-state index contributed by atoms with van der Waals surface area (Å²) < 4.78 is 0. The van der Waals surface area contributed by atoms with Crippen molar-refractivity contribution in [2.45, 2.75) is 12.5 Å². The topological polar surface area (TPSA) is 99.1 Å². The van der Waals surface area contributed by atoms with Crippen molar-refractivity contribution in [3.05, 3.63) is 46.8 Å². The summed E-state index contributed by atoms with van der Waals surface area (Å²) in [5.41, 5.74) is 7.13. The largest absolute Gasteiger partial charge is 0.508 e. The van der Waals surface area contributed by atoms with Crippen LogP contribution in [0.1, 0.15) is 11.1 Å². The molecular weight excluding hydrogens is 274 g/mol. The van der Waals surface area contributed by atoms with Gasteiger partial charge in [-0.25, -0.2) is 0 Å². The fourth-order valence-electron chi connectivity index (χ4n) is 1.68. The number of nitriles is 1. The number of phenols is 1. The third-order valence-corrected chi connectivity index (χ3v) is 3.58. The van der Waals surface area contributed by atoms with Crippen LogP contribution in [0.25, 0.3) is 0 Å². The van der Waals surface area contributed by atoms with Gasteiger partial charge >= 0.3 is 0 Å². The third-order valence-electron chi connectivity index (χ3n) is 2.75. The third kappa shape index (κ3) is 3.35. The summed E-state index contributed by atoms with van der Waals surface area (Å²) in [7, 11) is 0. The van der Waals surface area contributed by atoms with Crippen LogP contribution in [0.2, 0.25) is 0 Å².